The van der Waals surface area contributed by atoms with Crippen molar-refractivity contribution in [1.29, 1.82) is 0 Å². The van der Waals surface area contributed by atoms with E-state index in [1.54, 1.807) is 7.11 Å². The minimum absolute atomic E-state index is 0.534. The van der Waals surface area contributed by atoms with Crippen LogP contribution >= 0.6 is 0 Å². The van der Waals surface area contributed by atoms with Gasteiger partial charge >= 0.3 is 0 Å². The molecule has 2 saturated heterocycles. The molecule has 7 heteroatoms. The lowest BCUT2D eigenvalue weighted by atomic mass is 10.1. The predicted octanol–water partition coefficient (Wildman–Crippen LogP) is 3.22. The number of hydrogen-bond donors (Lipinski definition) is 2. The Hall–Kier alpha value is -2.54. The number of methoxy groups -OCH3 is 1. The monoisotopic (exact) mass is 397 g/mol. The van der Waals surface area contributed by atoms with Crippen molar-refractivity contribution in [3.05, 3.63) is 35.9 Å². The lowest BCUT2D eigenvalue weighted by Gasteiger charge is -2.22. The van der Waals surface area contributed by atoms with Crippen LogP contribution in [0.25, 0.3) is 0 Å². The third kappa shape index (κ3) is 4.90. The third-order valence-electron chi connectivity index (χ3n) is 5.76. The van der Waals surface area contributed by atoms with E-state index in [0.29, 0.717) is 18.9 Å². The minimum atomic E-state index is -0.534. The summed E-state index contributed by atoms with van der Waals surface area (Å²) in [5.74, 6) is 3.47. The van der Waals surface area contributed by atoms with Gasteiger partial charge < -0.3 is 25.0 Å². The van der Waals surface area contributed by atoms with E-state index >= 15 is 0 Å². The molecule has 29 heavy (non-hydrogen) atoms. The summed E-state index contributed by atoms with van der Waals surface area (Å²) in [6, 6.07) is 9.68. The molecular weight excluding hydrogens is 366 g/mol. The van der Waals surface area contributed by atoms with Gasteiger partial charge in [0.2, 0.25) is 5.95 Å². The summed E-state index contributed by atoms with van der Waals surface area (Å²) in [6.07, 6.45) is 4.94. The SMILES string of the molecule is COc1ccc(C(O)CCNc2nc(N3CCCC3)cc(N3CCCC3)n2)cc1. The van der Waals surface area contributed by atoms with Crippen molar-refractivity contribution in [2.45, 2.75) is 38.2 Å². The van der Waals surface area contributed by atoms with Crippen LogP contribution in [0.1, 0.15) is 43.8 Å². The average molecular weight is 398 g/mol. The van der Waals surface area contributed by atoms with E-state index in [-0.39, 0.29) is 0 Å². The first-order valence-electron chi connectivity index (χ1n) is 10.7. The highest BCUT2D eigenvalue weighted by atomic mass is 16.5. The zero-order chi connectivity index (χ0) is 20.1. The molecule has 2 aliphatic rings. The van der Waals surface area contributed by atoms with Crippen LogP contribution in [0, 0.1) is 0 Å². The molecule has 0 aliphatic carbocycles. The third-order valence-corrected chi connectivity index (χ3v) is 5.76. The standard InChI is InChI=1S/C22H31N5O2/c1-29-18-8-6-17(7-9-18)19(28)10-11-23-22-24-20(26-12-2-3-13-26)16-21(25-22)27-14-4-5-15-27/h6-9,16,19,28H,2-5,10-15H2,1H3,(H,23,24,25). The smallest absolute Gasteiger partial charge is 0.226 e. The highest BCUT2D eigenvalue weighted by Crippen LogP contribution is 2.27. The fraction of sp³-hybridized carbons (Fsp3) is 0.545. The quantitative estimate of drug-likeness (QED) is 0.708. The van der Waals surface area contributed by atoms with Gasteiger partial charge in [-0.25, -0.2) is 0 Å². The van der Waals surface area contributed by atoms with Gasteiger partial charge in [-0.3, -0.25) is 0 Å². The molecule has 1 aromatic carbocycles. The summed E-state index contributed by atoms with van der Waals surface area (Å²) < 4.78 is 5.18. The lowest BCUT2D eigenvalue weighted by Crippen LogP contribution is -2.24. The number of aliphatic hydroxyl groups is 1. The normalized spacial score (nSPS) is 17.6. The van der Waals surface area contributed by atoms with Crippen molar-refractivity contribution in [2.24, 2.45) is 0 Å². The van der Waals surface area contributed by atoms with Crippen molar-refractivity contribution in [1.82, 2.24) is 9.97 Å². The summed E-state index contributed by atoms with van der Waals surface area (Å²) in [4.78, 5) is 14.2. The molecule has 156 valence electrons. The second kappa shape index (κ2) is 9.31. The van der Waals surface area contributed by atoms with Crippen LogP contribution in [-0.4, -0.2) is 54.9 Å². The first kappa shape index (κ1) is 19.8. The number of rotatable bonds is 8. The number of aromatic nitrogens is 2. The van der Waals surface area contributed by atoms with E-state index in [1.165, 1.54) is 25.7 Å². The van der Waals surface area contributed by atoms with E-state index in [0.717, 1.165) is 49.1 Å². The van der Waals surface area contributed by atoms with Crippen LogP contribution in [0.3, 0.4) is 0 Å². The van der Waals surface area contributed by atoms with Crippen LogP contribution in [0.15, 0.2) is 30.3 Å². The number of benzene rings is 1. The van der Waals surface area contributed by atoms with Gasteiger partial charge in [0.25, 0.3) is 0 Å². The summed E-state index contributed by atoms with van der Waals surface area (Å²) in [5, 5.41) is 13.8. The largest absolute Gasteiger partial charge is 0.497 e. The predicted molar refractivity (Wildman–Crippen MR) is 116 cm³/mol. The molecule has 0 radical (unpaired) electrons. The summed E-state index contributed by atoms with van der Waals surface area (Å²) in [5.41, 5.74) is 0.886. The van der Waals surface area contributed by atoms with Crippen molar-refractivity contribution in [2.75, 3.05) is 55.0 Å². The maximum Gasteiger partial charge on any atom is 0.226 e. The van der Waals surface area contributed by atoms with E-state index in [1.807, 2.05) is 24.3 Å². The molecule has 0 bridgehead atoms. The maximum atomic E-state index is 10.5. The number of ether oxygens (including phenoxy) is 1. The number of aliphatic hydroxyl groups excluding tert-OH is 1. The van der Waals surface area contributed by atoms with Crippen molar-refractivity contribution in [3.63, 3.8) is 0 Å². The Labute approximate surface area is 172 Å². The number of nitrogens with one attached hydrogen (secondary N) is 1. The molecule has 7 nitrogen and oxygen atoms in total. The number of anilines is 3. The first-order chi connectivity index (χ1) is 14.2. The van der Waals surface area contributed by atoms with E-state index in [4.69, 9.17) is 14.7 Å². The molecule has 2 N–H and O–H groups in total. The van der Waals surface area contributed by atoms with Crippen LogP contribution in [0.4, 0.5) is 17.6 Å². The van der Waals surface area contributed by atoms with E-state index in [9.17, 15) is 5.11 Å². The molecule has 1 aromatic heterocycles. The Balaban J connectivity index is 1.41. The Morgan fingerprint density at radius 1 is 0.966 bits per heavy atom. The van der Waals surface area contributed by atoms with E-state index in [2.05, 4.69) is 21.2 Å². The van der Waals surface area contributed by atoms with Gasteiger partial charge in [-0.2, -0.15) is 9.97 Å². The molecule has 1 unspecified atom stereocenters. The van der Waals surface area contributed by atoms with Gasteiger partial charge in [0.05, 0.1) is 13.2 Å². The van der Waals surface area contributed by atoms with Crippen molar-refractivity contribution in [3.8, 4) is 5.75 Å². The zero-order valence-corrected chi connectivity index (χ0v) is 17.2. The van der Waals surface area contributed by atoms with Gasteiger partial charge in [-0.15, -0.1) is 0 Å². The van der Waals surface area contributed by atoms with Crippen LogP contribution < -0.4 is 19.9 Å². The van der Waals surface area contributed by atoms with Gasteiger partial charge in [-0.05, 0) is 49.8 Å². The number of hydrogen-bond acceptors (Lipinski definition) is 7. The van der Waals surface area contributed by atoms with Crippen LogP contribution in [0.2, 0.25) is 0 Å². The van der Waals surface area contributed by atoms with Gasteiger partial charge in [0, 0.05) is 38.8 Å². The first-order valence-corrected chi connectivity index (χ1v) is 10.7. The average Bonchev–Trinajstić information content (AvgIpc) is 3.48. The molecule has 3 heterocycles. The van der Waals surface area contributed by atoms with Gasteiger partial charge in [-0.1, -0.05) is 12.1 Å². The minimum Gasteiger partial charge on any atom is -0.497 e. The second-order valence-electron chi connectivity index (χ2n) is 7.80. The molecule has 1 atom stereocenters. The van der Waals surface area contributed by atoms with E-state index < -0.39 is 6.10 Å². The summed E-state index contributed by atoms with van der Waals surface area (Å²) in [6.45, 7) is 4.85. The molecule has 2 aromatic rings. The summed E-state index contributed by atoms with van der Waals surface area (Å²) >= 11 is 0. The fourth-order valence-corrected chi connectivity index (χ4v) is 4.03. The van der Waals surface area contributed by atoms with Gasteiger partial charge in [0.15, 0.2) is 0 Å². The Morgan fingerprint density at radius 3 is 2.03 bits per heavy atom. The highest BCUT2D eigenvalue weighted by Gasteiger charge is 2.20. The highest BCUT2D eigenvalue weighted by molar-refractivity contribution is 5.55. The van der Waals surface area contributed by atoms with Gasteiger partial charge in [0.1, 0.15) is 17.4 Å². The van der Waals surface area contributed by atoms with Crippen LogP contribution in [-0.2, 0) is 0 Å². The molecule has 0 spiro atoms. The Morgan fingerprint density at radius 2 is 1.52 bits per heavy atom. The second-order valence-corrected chi connectivity index (χ2v) is 7.80. The zero-order valence-electron chi connectivity index (χ0n) is 17.2. The Bertz CT molecular complexity index is 752. The maximum absolute atomic E-state index is 10.5. The van der Waals surface area contributed by atoms with Crippen LogP contribution in [0.5, 0.6) is 5.75 Å². The van der Waals surface area contributed by atoms with Crippen molar-refractivity contribution >= 4 is 17.6 Å². The number of nitrogens with zero attached hydrogens (tertiary/aromatic N) is 4. The molecule has 4 rings (SSSR count). The fourth-order valence-electron chi connectivity index (χ4n) is 4.03. The molecular formula is C22H31N5O2. The Kier molecular flexibility index (Phi) is 6.34. The molecule has 0 amide bonds. The van der Waals surface area contributed by atoms with Crippen molar-refractivity contribution < 1.29 is 9.84 Å². The molecule has 2 fully saturated rings. The molecule has 0 saturated carbocycles. The summed E-state index contributed by atoms with van der Waals surface area (Å²) in [7, 11) is 1.64. The lowest BCUT2D eigenvalue weighted by molar-refractivity contribution is 0.171. The molecule has 2 aliphatic heterocycles. The topological polar surface area (TPSA) is 73.8 Å².